The SMILES string of the molecule is c1ccc(-c2c(-c3ccc(-c4ccc5c6c(cccc46)-c4ccccc4O5)cc3)nc3ccccn23)cc1. The second-order valence-electron chi connectivity index (χ2n) is 9.62. The van der Waals surface area contributed by atoms with Crippen LogP contribution in [-0.4, -0.2) is 9.38 Å². The Morgan fingerprint density at radius 3 is 2.16 bits per heavy atom. The number of imidazole rings is 1. The molecule has 0 fully saturated rings. The average molecular weight is 487 g/mol. The Hall–Kier alpha value is -5.15. The predicted octanol–water partition coefficient (Wildman–Crippen LogP) is 9.26. The first kappa shape index (κ1) is 21.0. The molecule has 0 unspecified atom stereocenters. The molecule has 0 radical (unpaired) electrons. The van der Waals surface area contributed by atoms with Crippen molar-refractivity contribution in [3.8, 4) is 56.3 Å². The molecule has 3 heterocycles. The molecule has 5 aromatic carbocycles. The lowest BCUT2D eigenvalue weighted by molar-refractivity contribution is 0.487. The molecule has 1 aliphatic heterocycles. The van der Waals surface area contributed by atoms with Gasteiger partial charge >= 0.3 is 0 Å². The molecule has 0 aliphatic carbocycles. The molecule has 0 saturated carbocycles. The Bertz CT molecular complexity index is 1990. The van der Waals surface area contributed by atoms with Gasteiger partial charge in [-0.1, -0.05) is 103 Å². The maximum absolute atomic E-state index is 6.29. The van der Waals surface area contributed by atoms with Crippen molar-refractivity contribution >= 4 is 16.4 Å². The van der Waals surface area contributed by atoms with Gasteiger partial charge in [0.1, 0.15) is 17.1 Å². The first-order valence-electron chi connectivity index (χ1n) is 12.8. The second kappa shape index (κ2) is 8.19. The number of nitrogens with zero attached hydrogens (tertiary/aromatic N) is 2. The van der Waals surface area contributed by atoms with E-state index in [1.807, 2.05) is 30.3 Å². The quantitative estimate of drug-likeness (QED) is 0.249. The molecule has 3 heteroatoms. The van der Waals surface area contributed by atoms with Crippen molar-refractivity contribution in [1.82, 2.24) is 9.38 Å². The van der Waals surface area contributed by atoms with Crippen molar-refractivity contribution in [2.45, 2.75) is 0 Å². The summed E-state index contributed by atoms with van der Waals surface area (Å²) in [5.41, 5.74) is 9.98. The normalized spacial score (nSPS) is 11.9. The van der Waals surface area contributed by atoms with Crippen LogP contribution in [-0.2, 0) is 0 Å². The van der Waals surface area contributed by atoms with E-state index in [4.69, 9.17) is 9.72 Å². The van der Waals surface area contributed by atoms with Gasteiger partial charge in [-0.2, -0.15) is 0 Å². The minimum Gasteiger partial charge on any atom is -0.456 e. The zero-order valence-electron chi connectivity index (χ0n) is 20.5. The summed E-state index contributed by atoms with van der Waals surface area (Å²) in [6, 6.07) is 44.4. The zero-order valence-corrected chi connectivity index (χ0v) is 20.5. The van der Waals surface area contributed by atoms with Gasteiger partial charge in [-0.15, -0.1) is 0 Å². The van der Waals surface area contributed by atoms with Gasteiger partial charge in [0.05, 0.1) is 11.4 Å². The largest absolute Gasteiger partial charge is 0.456 e. The average Bonchev–Trinajstić information content (AvgIpc) is 3.38. The van der Waals surface area contributed by atoms with Crippen LogP contribution in [0, 0.1) is 0 Å². The van der Waals surface area contributed by atoms with E-state index < -0.39 is 0 Å². The van der Waals surface area contributed by atoms with Gasteiger partial charge in [0.25, 0.3) is 0 Å². The van der Waals surface area contributed by atoms with Crippen LogP contribution in [0.4, 0.5) is 0 Å². The highest BCUT2D eigenvalue weighted by Gasteiger charge is 2.21. The lowest BCUT2D eigenvalue weighted by Gasteiger charge is -2.22. The Morgan fingerprint density at radius 2 is 1.26 bits per heavy atom. The summed E-state index contributed by atoms with van der Waals surface area (Å²) in [4.78, 5) is 5.02. The third kappa shape index (κ3) is 3.12. The van der Waals surface area contributed by atoms with Crippen molar-refractivity contribution in [3.05, 3.63) is 134 Å². The third-order valence-corrected chi connectivity index (χ3v) is 7.45. The van der Waals surface area contributed by atoms with E-state index in [2.05, 4.69) is 108 Å². The first-order chi connectivity index (χ1) is 18.8. The molecule has 7 aromatic rings. The minimum absolute atomic E-state index is 0.909. The molecule has 1 aliphatic rings. The highest BCUT2D eigenvalue weighted by molar-refractivity contribution is 6.09. The number of hydrogen-bond acceptors (Lipinski definition) is 2. The highest BCUT2D eigenvalue weighted by Crippen LogP contribution is 2.48. The zero-order chi connectivity index (χ0) is 25.1. The molecular formula is C35H22N2O. The fraction of sp³-hybridized carbons (Fsp3) is 0. The molecule has 0 amide bonds. The molecule has 38 heavy (non-hydrogen) atoms. The number of fused-ring (bicyclic) bond motifs is 3. The van der Waals surface area contributed by atoms with Crippen LogP contribution >= 0.6 is 0 Å². The smallest absolute Gasteiger partial charge is 0.137 e. The van der Waals surface area contributed by atoms with Gasteiger partial charge in [0.15, 0.2) is 0 Å². The molecule has 0 atom stereocenters. The number of rotatable bonds is 3. The number of benzene rings is 5. The molecule has 0 saturated heterocycles. The highest BCUT2D eigenvalue weighted by atomic mass is 16.5. The minimum atomic E-state index is 0.909. The van der Waals surface area contributed by atoms with Crippen molar-refractivity contribution in [2.75, 3.05) is 0 Å². The lowest BCUT2D eigenvalue weighted by atomic mass is 9.90. The lowest BCUT2D eigenvalue weighted by Crippen LogP contribution is -1.97. The maximum Gasteiger partial charge on any atom is 0.137 e. The Kier molecular flexibility index (Phi) is 4.52. The Morgan fingerprint density at radius 1 is 0.500 bits per heavy atom. The fourth-order valence-electron chi connectivity index (χ4n) is 5.71. The van der Waals surface area contributed by atoms with Gasteiger partial charge in [0, 0.05) is 28.3 Å². The number of hydrogen-bond donors (Lipinski definition) is 0. The third-order valence-electron chi connectivity index (χ3n) is 7.45. The number of pyridine rings is 1. The van der Waals surface area contributed by atoms with Crippen LogP contribution in [0.15, 0.2) is 134 Å². The molecule has 2 aromatic heterocycles. The monoisotopic (exact) mass is 486 g/mol. The summed E-state index contributed by atoms with van der Waals surface area (Å²) in [6.07, 6.45) is 2.08. The van der Waals surface area contributed by atoms with Crippen LogP contribution in [0.1, 0.15) is 0 Å². The van der Waals surface area contributed by atoms with E-state index >= 15 is 0 Å². The van der Waals surface area contributed by atoms with Crippen molar-refractivity contribution in [2.24, 2.45) is 0 Å². The van der Waals surface area contributed by atoms with E-state index in [1.54, 1.807) is 0 Å². The van der Waals surface area contributed by atoms with Crippen LogP contribution in [0.25, 0.3) is 61.2 Å². The van der Waals surface area contributed by atoms with Gasteiger partial charge in [0.2, 0.25) is 0 Å². The molecule has 0 spiro atoms. The molecule has 178 valence electrons. The van der Waals surface area contributed by atoms with Crippen molar-refractivity contribution < 1.29 is 4.74 Å². The summed E-state index contributed by atoms with van der Waals surface area (Å²) >= 11 is 0. The number of ether oxygens (including phenoxy) is 1. The van der Waals surface area contributed by atoms with Crippen LogP contribution in [0.5, 0.6) is 11.5 Å². The van der Waals surface area contributed by atoms with Crippen molar-refractivity contribution in [1.29, 1.82) is 0 Å². The molecular weight excluding hydrogens is 464 g/mol. The van der Waals surface area contributed by atoms with Crippen LogP contribution in [0.3, 0.4) is 0 Å². The van der Waals surface area contributed by atoms with E-state index in [-0.39, 0.29) is 0 Å². The Labute approximate surface area is 220 Å². The summed E-state index contributed by atoms with van der Waals surface area (Å²) in [5.74, 6) is 1.82. The number of aromatic nitrogens is 2. The topological polar surface area (TPSA) is 26.5 Å². The summed E-state index contributed by atoms with van der Waals surface area (Å²) in [5, 5.41) is 2.36. The molecule has 3 nitrogen and oxygen atoms in total. The Balaban J connectivity index is 1.27. The second-order valence-corrected chi connectivity index (χ2v) is 9.62. The van der Waals surface area contributed by atoms with Gasteiger partial charge in [-0.25, -0.2) is 4.98 Å². The predicted molar refractivity (Wildman–Crippen MR) is 155 cm³/mol. The van der Waals surface area contributed by atoms with Crippen LogP contribution in [0.2, 0.25) is 0 Å². The molecule has 0 N–H and O–H groups in total. The maximum atomic E-state index is 6.29. The fourth-order valence-corrected chi connectivity index (χ4v) is 5.71. The summed E-state index contributed by atoms with van der Waals surface area (Å²) in [6.45, 7) is 0. The van der Waals surface area contributed by atoms with E-state index in [0.29, 0.717) is 0 Å². The van der Waals surface area contributed by atoms with Crippen LogP contribution < -0.4 is 4.74 Å². The van der Waals surface area contributed by atoms with E-state index in [9.17, 15) is 0 Å². The van der Waals surface area contributed by atoms with Crippen molar-refractivity contribution in [3.63, 3.8) is 0 Å². The number of para-hydroxylation sites is 1. The summed E-state index contributed by atoms with van der Waals surface area (Å²) in [7, 11) is 0. The van der Waals surface area contributed by atoms with Gasteiger partial charge in [-0.3, -0.25) is 4.40 Å². The molecule has 8 rings (SSSR count). The van der Waals surface area contributed by atoms with E-state index in [0.717, 1.165) is 45.2 Å². The standard InChI is InChI=1S/C35H22N2O/c1-2-9-25(10-3-1)35-34(36-32-15-6-7-22-37(32)35)24-18-16-23(17-19-24)26-20-21-31-33-28(26)12-8-13-29(33)27-11-4-5-14-30(27)38-31/h1-22H. The van der Waals surface area contributed by atoms with Gasteiger partial charge < -0.3 is 4.74 Å². The first-order valence-corrected chi connectivity index (χ1v) is 12.8. The summed E-state index contributed by atoms with van der Waals surface area (Å²) < 4.78 is 8.46. The molecule has 0 bridgehead atoms. The van der Waals surface area contributed by atoms with Gasteiger partial charge in [-0.05, 0) is 46.3 Å². The van der Waals surface area contributed by atoms with E-state index in [1.165, 1.54) is 27.5 Å².